The normalized spacial score (nSPS) is 10.9. The van der Waals surface area contributed by atoms with Gasteiger partial charge in [-0.1, -0.05) is 188 Å². The lowest BCUT2D eigenvalue weighted by Crippen LogP contribution is -2.12. The standard InChI is InChI=1S/C80H56N6/c1-7-23-59(24-8-1)63-27-21-37-75(57-63)85(67-33-15-5-16-34-67)73-53-49-71(50-54-73)83(65-29-11-3-12-30-65)69-45-41-61(42-46-69)79-80(82-78-40-20-19-39-77(78)81-79)62-43-47-70(48-44-62)84(66-31-13-4-14-32-66)72-51-55-74(56-52-72)86(68-35-17-6-18-36-68)76-38-22-28-64(58-76)60-25-9-2-10-26-60/h1-17,19-35,37-58H. The van der Waals surface area contributed by atoms with Crippen molar-refractivity contribution in [2.45, 2.75) is 0 Å². The minimum absolute atomic E-state index is 0.804. The first kappa shape index (κ1) is 52.3. The highest BCUT2D eigenvalue weighted by Crippen LogP contribution is 2.44. The van der Waals surface area contributed by atoms with E-state index in [-0.39, 0.29) is 0 Å². The lowest BCUT2D eigenvalue weighted by molar-refractivity contribution is 1.25. The molecule has 6 nitrogen and oxygen atoms in total. The van der Waals surface area contributed by atoms with Crippen molar-refractivity contribution in [2.75, 3.05) is 19.6 Å². The monoisotopic (exact) mass is 1100 g/mol. The van der Waals surface area contributed by atoms with Crippen molar-refractivity contribution < 1.29 is 0 Å². The van der Waals surface area contributed by atoms with Gasteiger partial charge in [0, 0.05) is 73.7 Å². The Hall–Kier alpha value is -11.8. The third kappa shape index (κ3) is 10.9. The first-order valence-corrected chi connectivity index (χ1v) is 28.9. The fraction of sp³-hybridized carbons (Fsp3) is 0. The van der Waals surface area contributed by atoms with Gasteiger partial charge >= 0.3 is 0 Å². The molecule has 1 heterocycles. The van der Waals surface area contributed by atoms with Crippen LogP contribution in [0.25, 0.3) is 55.8 Å². The Labute approximate surface area is 502 Å². The van der Waals surface area contributed by atoms with E-state index in [2.05, 4.69) is 329 Å². The van der Waals surface area contributed by atoms with Gasteiger partial charge in [0.25, 0.3) is 0 Å². The maximum atomic E-state index is 5.35. The van der Waals surface area contributed by atoms with Gasteiger partial charge in [-0.25, -0.2) is 9.97 Å². The van der Waals surface area contributed by atoms with Gasteiger partial charge in [0.1, 0.15) is 0 Å². The third-order valence-corrected chi connectivity index (χ3v) is 15.4. The van der Waals surface area contributed by atoms with Crippen LogP contribution in [0, 0.1) is 12.1 Å². The molecule has 0 fully saturated rings. The summed E-state index contributed by atoms with van der Waals surface area (Å²) in [6.07, 6.45) is 0. The first-order chi connectivity index (χ1) is 42.6. The molecule has 0 aliphatic rings. The number of para-hydroxylation sites is 5. The predicted octanol–water partition coefficient (Wildman–Crippen LogP) is 21.8. The zero-order valence-corrected chi connectivity index (χ0v) is 47.0. The number of nitrogens with zero attached hydrogens (tertiary/aromatic N) is 6. The van der Waals surface area contributed by atoms with Gasteiger partial charge in [-0.3, -0.25) is 0 Å². The van der Waals surface area contributed by atoms with E-state index in [1.165, 1.54) is 5.56 Å². The Bertz CT molecular complexity index is 4240. The third-order valence-electron chi connectivity index (χ3n) is 15.4. The minimum atomic E-state index is 0.804. The predicted molar refractivity (Wildman–Crippen MR) is 358 cm³/mol. The molecule has 13 aromatic carbocycles. The van der Waals surface area contributed by atoms with Gasteiger partial charge in [-0.2, -0.15) is 0 Å². The van der Waals surface area contributed by atoms with Crippen LogP contribution < -0.4 is 19.6 Å². The fourth-order valence-electron chi connectivity index (χ4n) is 11.3. The molecular weight excluding hydrogens is 1040 g/mol. The zero-order valence-electron chi connectivity index (χ0n) is 47.0. The van der Waals surface area contributed by atoms with E-state index in [9.17, 15) is 0 Å². The lowest BCUT2D eigenvalue weighted by atomic mass is 10.0. The Balaban J connectivity index is 0.786. The van der Waals surface area contributed by atoms with Crippen LogP contribution in [0.2, 0.25) is 0 Å². The minimum Gasteiger partial charge on any atom is -0.311 e. The van der Waals surface area contributed by atoms with E-state index in [0.717, 1.165) is 118 Å². The number of rotatable bonds is 16. The van der Waals surface area contributed by atoms with Crippen LogP contribution in [0.15, 0.2) is 340 Å². The van der Waals surface area contributed by atoms with E-state index in [0.29, 0.717) is 0 Å². The molecule has 0 amide bonds. The van der Waals surface area contributed by atoms with Gasteiger partial charge in [0.2, 0.25) is 0 Å². The highest BCUT2D eigenvalue weighted by molar-refractivity contribution is 5.90. The molecule has 0 atom stereocenters. The van der Waals surface area contributed by atoms with Crippen LogP contribution in [-0.2, 0) is 0 Å². The molecule has 0 spiro atoms. The summed E-state index contributed by atoms with van der Waals surface area (Å²) in [5.41, 5.74) is 22.1. The molecule has 0 N–H and O–H groups in total. The largest absolute Gasteiger partial charge is 0.311 e. The summed E-state index contributed by atoms with van der Waals surface area (Å²) in [5.74, 6) is 0. The Morgan fingerprint density at radius 3 is 0.872 bits per heavy atom. The Morgan fingerprint density at radius 1 is 0.209 bits per heavy atom. The highest BCUT2D eigenvalue weighted by atomic mass is 15.2. The number of benzene rings is 12. The van der Waals surface area contributed by atoms with Crippen molar-refractivity contribution in [2.24, 2.45) is 0 Å². The number of hydrogen-bond acceptors (Lipinski definition) is 6. The molecular formula is C80H56N6. The summed E-state index contributed by atoms with van der Waals surface area (Å²) in [6, 6.07) is 126. The maximum Gasteiger partial charge on any atom is 0.0973 e. The van der Waals surface area contributed by atoms with Gasteiger partial charge in [0.15, 0.2) is 0 Å². The van der Waals surface area contributed by atoms with Crippen LogP contribution in [0.4, 0.5) is 68.2 Å². The molecule has 0 saturated heterocycles. The molecule has 1 aromatic heterocycles. The van der Waals surface area contributed by atoms with Crippen molar-refractivity contribution in [3.8, 4) is 44.8 Å². The molecule has 14 rings (SSSR count). The van der Waals surface area contributed by atoms with E-state index in [4.69, 9.17) is 9.97 Å². The Morgan fingerprint density at radius 2 is 0.500 bits per heavy atom. The first-order valence-electron chi connectivity index (χ1n) is 28.9. The summed E-state index contributed by atoms with van der Waals surface area (Å²) in [6.45, 7) is 0. The van der Waals surface area contributed by atoms with E-state index >= 15 is 0 Å². The second-order valence-corrected chi connectivity index (χ2v) is 20.9. The molecule has 86 heavy (non-hydrogen) atoms. The molecule has 6 heteroatoms. The van der Waals surface area contributed by atoms with E-state index < -0.39 is 0 Å². The van der Waals surface area contributed by atoms with Crippen LogP contribution >= 0.6 is 0 Å². The molecule has 0 bridgehead atoms. The van der Waals surface area contributed by atoms with E-state index in [1.54, 1.807) is 0 Å². The van der Waals surface area contributed by atoms with E-state index in [1.807, 2.05) is 42.5 Å². The number of hydrogen-bond donors (Lipinski definition) is 0. The molecule has 0 saturated carbocycles. The van der Waals surface area contributed by atoms with Crippen LogP contribution in [0.5, 0.6) is 0 Å². The maximum absolute atomic E-state index is 5.35. The van der Waals surface area contributed by atoms with Gasteiger partial charge in [0.05, 0.1) is 28.1 Å². The summed E-state index contributed by atoms with van der Waals surface area (Å²) < 4.78 is 0. The quantitative estimate of drug-likeness (QED) is 0.0960. The van der Waals surface area contributed by atoms with Gasteiger partial charge < -0.3 is 19.6 Å². The zero-order chi connectivity index (χ0) is 57.4. The van der Waals surface area contributed by atoms with Gasteiger partial charge in [-0.15, -0.1) is 0 Å². The average molecular weight is 1100 g/mol. The molecule has 0 aliphatic carbocycles. The topological polar surface area (TPSA) is 38.7 Å². The van der Waals surface area contributed by atoms with Crippen molar-refractivity contribution in [3.63, 3.8) is 0 Å². The molecule has 14 aromatic rings. The fourth-order valence-corrected chi connectivity index (χ4v) is 11.3. The second-order valence-electron chi connectivity index (χ2n) is 20.9. The van der Waals surface area contributed by atoms with Gasteiger partial charge in [-0.05, 0) is 186 Å². The summed E-state index contributed by atoms with van der Waals surface area (Å²) in [7, 11) is 0. The summed E-state index contributed by atoms with van der Waals surface area (Å²) in [4.78, 5) is 19.8. The molecule has 0 radical (unpaired) electrons. The number of anilines is 12. The second kappa shape index (κ2) is 24.0. The average Bonchev–Trinajstić information content (AvgIpc) is 3.01. The van der Waals surface area contributed by atoms with Crippen molar-refractivity contribution in [1.82, 2.24) is 9.97 Å². The lowest BCUT2D eigenvalue weighted by Gasteiger charge is -2.28. The molecule has 0 unspecified atom stereocenters. The number of aromatic nitrogens is 2. The smallest absolute Gasteiger partial charge is 0.0973 e. The number of fused-ring (bicyclic) bond motifs is 1. The van der Waals surface area contributed by atoms with Crippen molar-refractivity contribution in [1.29, 1.82) is 0 Å². The van der Waals surface area contributed by atoms with Crippen LogP contribution in [0.1, 0.15) is 0 Å². The molecule has 406 valence electrons. The van der Waals surface area contributed by atoms with Crippen LogP contribution in [0.3, 0.4) is 0 Å². The summed E-state index contributed by atoms with van der Waals surface area (Å²) >= 11 is 0. The van der Waals surface area contributed by atoms with Crippen molar-refractivity contribution >= 4 is 79.3 Å². The van der Waals surface area contributed by atoms with Crippen molar-refractivity contribution in [3.05, 3.63) is 352 Å². The Kier molecular flexibility index (Phi) is 14.6. The molecule has 0 aliphatic heterocycles. The van der Waals surface area contributed by atoms with Crippen LogP contribution in [-0.4, -0.2) is 9.97 Å². The highest BCUT2D eigenvalue weighted by Gasteiger charge is 2.21. The SMILES string of the molecule is c1cccc(N(c2ccc(N(c3ccccc3)c3ccc(-c4nc5ccccc5nc4-c4ccc(N(c5ccccc5)c5ccc(N(c6ccccc6)c6cccc(-c7ccccc7)c6)cc5)cc4)cc3)cc2)c2cccc(-c3ccccc3)c2)c#1. The summed E-state index contributed by atoms with van der Waals surface area (Å²) in [5, 5.41) is 0.